The minimum Gasteiger partial charge on any atom is -0.298 e. The summed E-state index contributed by atoms with van der Waals surface area (Å²) in [7, 11) is 0. The summed E-state index contributed by atoms with van der Waals surface area (Å²) >= 11 is 5.01. The van der Waals surface area contributed by atoms with E-state index in [4.69, 9.17) is 11.6 Å². The number of carbonyl (C=O) groups is 1. The molecule has 1 nitrogen and oxygen atoms in total. The van der Waals surface area contributed by atoms with Gasteiger partial charge in [0.25, 0.3) is 6.43 Å². The highest BCUT2D eigenvalue weighted by Crippen LogP contribution is 2.44. The number of alkyl halides is 6. The average Bonchev–Trinajstić information content (AvgIpc) is 2.24. The molecular formula is C11H8ClF5OS. The van der Waals surface area contributed by atoms with E-state index in [9.17, 15) is 26.7 Å². The Morgan fingerprint density at radius 1 is 1.32 bits per heavy atom. The van der Waals surface area contributed by atoms with Crippen molar-refractivity contribution >= 4 is 29.1 Å². The molecule has 1 rings (SSSR count). The van der Waals surface area contributed by atoms with E-state index in [1.165, 1.54) is 0 Å². The molecule has 0 aromatic heterocycles. The fraction of sp³-hybridized carbons (Fsp3) is 0.364. The number of benzene rings is 1. The number of carbonyl (C=O) groups excluding carboxylic acids is 1. The second kappa shape index (κ2) is 6.09. The number of rotatable bonds is 4. The third-order valence-electron chi connectivity index (χ3n) is 2.17. The molecule has 1 aromatic carbocycles. The quantitative estimate of drug-likeness (QED) is 0.436. The van der Waals surface area contributed by atoms with Gasteiger partial charge >= 0.3 is 5.51 Å². The Kier molecular flexibility index (Phi) is 5.20. The molecule has 1 atom stereocenters. The zero-order valence-corrected chi connectivity index (χ0v) is 11.0. The highest BCUT2D eigenvalue weighted by Gasteiger charge is 2.33. The van der Waals surface area contributed by atoms with Gasteiger partial charge in [-0.25, -0.2) is 8.78 Å². The Balaban J connectivity index is 3.34. The highest BCUT2D eigenvalue weighted by atomic mass is 35.5. The topological polar surface area (TPSA) is 17.1 Å². The third kappa shape index (κ3) is 4.35. The van der Waals surface area contributed by atoms with Crippen LogP contribution in [0, 0.1) is 0 Å². The number of ketones is 1. The summed E-state index contributed by atoms with van der Waals surface area (Å²) in [5, 5.41) is -1.39. The van der Waals surface area contributed by atoms with Crippen LogP contribution in [0.15, 0.2) is 23.1 Å². The molecule has 8 heteroatoms. The fourth-order valence-corrected chi connectivity index (χ4v) is 2.35. The first-order valence-electron chi connectivity index (χ1n) is 4.94. The number of halogens is 6. The van der Waals surface area contributed by atoms with Gasteiger partial charge in [0.05, 0.1) is 0 Å². The molecule has 0 heterocycles. The molecule has 0 bridgehead atoms. The summed E-state index contributed by atoms with van der Waals surface area (Å²) < 4.78 is 62.8. The van der Waals surface area contributed by atoms with Crippen molar-refractivity contribution in [3.05, 3.63) is 29.3 Å². The van der Waals surface area contributed by atoms with Crippen LogP contribution < -0.4 is 0 Å². The van der Waals surface area contributed by atoms with E-state index >= 15 is 0 Å². The molecule has 0 spiro atoms. The van der Waals surface area contributed by atoms with Gasteiger partial charge < -0.3 is 0 Å². The van der Waals surface area contributed by atoms with Crippen LogP contribution in [0.2, 0.25) is 0 Å². The van der Waals surface area contributed by atoms with Gasteiger partial charge in [0, 0.05) is 10.5 Å². The molecule has 0 saturated heterocycles. The van der Waals surface area contributed by atoms with E-state index in [0.29, 0.717) is 0 Å². The van der Waals surface area contributed by atoms with Gasteiger partial charge in [0.15, 0.2) is 5.78 Å². The summed E-state index contributed by atoms with van der Waals surface area (Å²) in [6, 6.07) is 3.21. The lowest BCUT2D eigenvalue weighted by Crippen LogP contribution is -2.08. The maximum atomic E-state index is 12.9. The van der Waals surface area contributed by atoms with Gasteiger partial charge in [0.1, 0.15) is 5.38 Å². The number of thioether (sulfide) groups is 1. The van der Waals surface area contributed by atoms with Crippen LogP contribution in [0.1, 0.15) is 29.9 Å². The number of hydrogen-bond acceptors (Lipinski definition) is 2. The summed E-state index contributed by atoms with van der Waals surface area (Å²) in [5.74, 6) is -0.613. The summed E-state index contributed by atoms with van der Waals surface area (Å²) in [5.41, 5.74) is -5.83. The molecule has 106 valence electrons. The maximum absolute atomic E-state index is 12.9. The Labute approximate surface area is 115 Å². The van der Waals surface area contributed by atoms with Crippen molar-refractivity contribution < 1.29 is 26.7 Å². The van der Waals surface area contributed by atoms with E-state index < -0.39 is 45.3 Å². The van der Waals surface area contributed by atoms with E-state index in [2.05, 4.69) is 0 Å². The van der Waals surface area contributed by atoms with Gasteiger partial charge in [0.2, 0.25) is 0 Å². The summed E-state index contributed by atoms with van der Waals surface area (Å²) in [4.78, 5) is 10.5. The first-order chi connectivity index (χ1) is 8.63. The second-order valence-electron chi connectivity index (χ2n) is 3.58. The van der Waals surface area contributed by atoms with E-state index in [1.54, 1.807) is 0 Å². The van der Waals surface area contributed by atoms with Crippen LogP contribution in [0.4, 0.5) is 22.0 Å². The predicted molar refractivity (Wildman–Crippen MR) is 62.6 cm³/mol. The normalized spacial score (nSPS) is 13.7. The van der Waals surface area contributed by atoms with Gasteiger partial charge in [-0.1, -0.05) is 12.1 Å². The highest BCUT2D eigenvalue weighted by molar-refractivity contribution is 8.00. The van der Waals surface area contributed by atoms with Gasteiger partial charge in [-0.05, 0) is 30.3 Å². The monoisotopic (exact) mass is 318 g/mol. The van der Waals surface area contributed by atoms with Crippen molar-refractivity contribution in [2.45, 2.75) is 29.1 Å². The first kappa shape index (κ1) is 16.2. The average molecular weight is 319 g/mol. The van der Waals surface area contributed by atoms with Crippen LogP contribution in [0.3, 0.4) is 0 Å². The number of Topliss-reactive ketones (excluding diaryl/α,β-unsaturated/α-hetero) is 1. The molecule has 0 aliphatic rings. The Morgan fingerprint density at radius 2 is 1.89 bits per heavy atom. The van der Waals surface area contributed by atoms with E-state index in [1.807, 2.05) is 0 Å². The lowest BCUT2D eigenvalue weighted by Gasteiger charge is -2.16. The van der Waals surface area contributed by atoms with Crippen molar-refractivity contribution in [1.29, 1.82) is 0 Å². The molecule has 0 aliphatic carbocycles. The zero-order chi connectivity index (χ0) is 14.8. The third-order valence-corrected chi connectivity index (χ3v) is 3.52. The van der Waals surface area contributed by atoms with Crippen molar-refractivity contribution in [2.75, 3.05) is 0 Å². The van der Waals surface area contributed by atoms with Gasteiger partial charge in [-0.3, -0.25) is 4.79 Å². The molecule has 1 unspecified atom stereocenters. The van der Waals surface area contributed by atoms with Crippen LogP contribution in [0.5, 0.6) is 0 Å². The van der Waals surface area contributed by atoms with Crippen molar-refractivity contribution in [1.82, 2.24) is 0 Å². The van der Waals surface area contributed by atoms with Crippen LogP contribution in [-0.4, -0.2) is 11.3 Å². The lowest BCUT2D eigenvalue weighted by atomic mass is 10.0. The maximum Gasteiger partial charge on any atom is 0.446 e. The number of hydrogen-bond donors (Lipinski definition) is 0. The van der Waals surface area contributed by atoms with Gasteiger partial charge in [-0.15, -0.1) is 11.6 Å². The summed E-state index contributed by atoms with van der Waals surface area (Å²) in [6.45, 7) is 1.08. The standard InChI is InChI=1S/C11H8ClF5OS/c1-5(18)9(12)6-3-2-4-7(8(6)10(13)14)19-11(15,16)17/h2-4,9-10H,1H3. The second-order valence-corrected chi connectivity index (χ2v) is 5.12. The Morgan fingerprint density at radius 3 is 2.32 bits per heavy atom. The Hall–Kier alpha value is -0.820. The molecule has 19 heavy (non-hydrogen) atoms. The molecule has 0 fully saturated rings. The van der Waals surface area contributed by atoms with Crippen LogP contribution >= 0.6 is 23.4 Å². The van der Waals surface area contributed by atoms with Crippen molar-refractivity contribution in [3.8, 4) is 0 Å². The van der Waals surface area contributed by atoms with Crippen LogP contribution in [-0.2, 0) is 4.79 Å². The molecule has 0 saturated carbocycles. The zero-order valence-electron chi connectivity index (χ0n) is 9.47. The molecule has 0 amide bonds. The predicted octanol–water partition coefficient (Wildman–Crippen LogP) is 5.11. The molecular weight excluding hydrogens is 311 g/mol. The van der Waals surface area contributed by atoms with Crippen molar-refractivity contribution in [3.63, 3.8) is 0 Å². The van der Waals surface area contributed by atoms with Crippen molar-refractivity contribution in [2.24, 2.45) is 0 Å². The smallest absolute Gasteiger partial charge is 0.298 e. The molecule has 0 N–H and O–H groups in total. The molecule has 0 aliphatic heterocycles. The van der Waals surface area contributed by atoms with Gasteiger partial charge in [-0.2, -0.15) is 13.2 Å². The Bertz CT molecular complexity index is 475. The van der Waals surface area contributed by atoms with E-state index in [-0.39, 0.29) is 5.56 Å². The largest absolute Gasteiger partial charge is 0.446 e. The first-order valence-corrected chi connectivity index (χ1v) is 6.20. The summed E-state index contributed by atoms with van der Waals surface area (Å²) in [6.07, 6.45) is -3.15. The van der Waals surface area contributed by atoms with E-state index in [0.717, 1.165) is 25.1 Å². The fourth-order valence-electron chi connectivity index (χ4n) is 1.45. The minimum absolute atomic E-state index is 0.293. The molecule has 1 aromatic rings. The lowest BCUT2D eigenvalue weighted by molar-refractivity contribution is -0.116. The minimum atomic E-state index is -4.69. The molecule has 0 radical (unpaired) electrons. The van der Waals surface area contributed by atoms with Crippen LogP contribution in [0.25, 0.3) is 0 Å². The SMILES string of the molecule is CC(=O)C(Cl)c1cccc(SC(F)(F)F)c1C(F)F.